The molecule has 0 spiro atoms. The van der Waals surface area contributed by atoms with Gasteiger partial charge in [-0.25, -0.2) is 9.98 Å². The maximum absolute atomic E-state index is 5.94. The summed E-state index contributed by atoms with van der Waals surface area (Å²) < 4.78 is 7.26. The van der Waals surface area contributed by atoms with Crippen molar-refractivity contribution in [3.63, 3.8) is 0 Å². The highest BCUT2D eigenvalue weighted by atomic mass is 16.5. The normalized spacial score (nSPS) is 15.5. The molecule has 1 aromatic carbocycles. The smallest absolute Gasteiger partial charge is 0.191 e. The fraction of sp³-hybridized carbons (Fsp3) is 0.429. The van der Waals surface area contributed by atoms with Crippen LogP contribution in [0.3, 0.4) is 0 Å². The van der Waals surface area contributed by atoms with E-state index in [4.69, 9.17) is 10.5 Å². The number of likely N-dealkylation sites (tertiary alicyclic amines) is 1. The number of guanidine groups is 1. The molecule has 1 saturated heterocycles. The first-order valence-electron chi connectivity index (χ1n) is 6.73. The quantitative estimate of drug-likeness (QED) is 0.671. The highest BCUT2D eigenvalue weighted by molar-refractivity contribution is 5.79. The van der Waals surface area contributed by atoms with Gasteiger partial charge in [-0.1, -0.05) is 0 Å². The van der Waals surface area contributed by atoms with E-state index in [-0.39, 0.29) is 0 Å². The second kappa shape index (κ2) is 5.03. The first-order chi connectivity index (χ1) is 9.69. The maximum Gasteiger partial charge on any atom is 0.191 e. The average Bonchev–Trinajstić information content (AvgIpc) is 2.70. The molecule has 0 unspecified atom stereocenters. The third-order valence-electron chi connectivity index (χ3n) is 3.74. The van der Waals surface area contributed by atoms with Crippen LogP contribution in [0.15, 0.2) is 23.2 Å². The van der Waals surface area contributed by atoms with Gasteiger partial charge in [0.25, 0.3) is 0 Å². The summed E-state index contributed by atoms with van der Waals surface area (Å²) in [6, 6.07) is 5.87. The Morgan fingerprint density at radius 1 is 1.45 bits per heavy atom. The molecule has 3 rings (SSSR count). The Morgan fingerprint density at radius 2 is 2.25 bits per heavy atom. The van der Waals surface area contributed by atoms with Gasteiger partial charge < -0.3 is 19.9 Å². The first-order valence-corrected chi connectivity index (χ1v) is 6.73. The van der Waals surface area contributed by atoms with Crippen LogP contribution in [0.5, 0.6) is 5.75 Å². The zero-order valence-corrected chi connectivity index (χ0v) is 11.8. The van der Waals surface area contributed by atoms with E-state index in [9.17, 15) is 0 Å². The molecule has 0 bridgehead atoms. The van der Waals surface area contributed by atoms with E-state index < -0.39 is 0 Å². The van der Waals surface area contributed by atoms with E-state index in [0.717, 1.165) is 35.7 Å². The molecule has 0 radical (unpaired) electrons. The molecule has 20 heavy (non-hydrogen) atoms. The molecule has 0 amide bonds. The molecule has 1 aromatic heterocycles. The van der Waals surface area contributed by atoms with E-state index in [0.29, 0.717) is 12.5 Å². The lowest BCUT2D eigenvalue weighted by molar-refractivity contribution is 0.295. The number of aliphatic imine (C=N–C) groups is 1. The van der Waals surface area contributed by atoms with Crippen molar-refractivity contribution in [2.24, 2.45) is 17.8 Å². The molecular weight excluding hydrogens is 254 g/mol. The number of ether oxygens (including phenoxy) is 1. The van der Waals surface area contributed by atoms with Gasteiger partial charge in [-0.15, -0.1) is 0 Å². The van der Waals surface area contributed by atoms with Gasteiger partial charge in [0.05, 0.1) is 18.1 Å². The van der Waals surface area contributed by atoms with Gasteiger partial charge in [-0.05, 0) is 18.6 Å². The number of rotatable bonds is 3. The van der Waals surface area contributed by atoms with Crippen LogP contribution in [-0.2, 0) is 13.6 Å². The minimum absolute atomic E-state index is 0.496. The van der Waals surface area contributed by atoms with Crippen molar-refractivity contribution >= 4 is 17.0 Å². The molecule has 1 aliphatic rings. The Morgan fingerprint density at radius 3 is 2.90 bits per heavy atom. The zero-order chi connectivity index (χ0) is 14.1. The Hall–Kier alpha value is -2.24. The number of hydrogen-bond donors (Lipinski definition) is 1. The number of nitrogens with two attached hydrogens (primary N) is 1. The van der Waals surface area contributed by atoms with Crippen molar-refractivity contribution in [2.45, 2.75) is 13.0 Å². The Kier molecular flexibility index (Phi) is 3.22. The van der Waals surface area contributed by atoms with Gasteiger partial charge in [0.15, 0.2) is 5.96 Å². The first kappa shape index (κ1) is 12.8. The summed E-state index contributed by atoms with van der Waals surface area (Å²) in [5.41, 5.74) is 7.92. The number of nitrogens with zero attached hydrogens (tertiary/aromatic N) is 4. The van der Waals surface area contributed by atoms with Gasteiger partial charge >= 0.3 is 0 Å². The van der Waals surface area contributed by atoms with Gasteiger partial charge in [-0.3, -0.25) is 0 Å². The van der Waals surface area contributed by atoms with Gasteiger partial charge in [0.2, 0.25) is 0 Å². The summed E-state index contributed by atoms with van der Waals surface area (Å²) in [7, 11) is 3.65. The topological polar surface area (TPSA) is 68.7 Å². The summed E-state index contributed by atoms with van der Waals surface area (Å²) >= 11 is 0. The van der Waals surface area contributed by atoms with Crippen molar-refractivity contribution in [1.29, 1.82) is 0 Å². The van der Waals surface area contributed by atoms with Crippen LogP contribution in [0.4, 0.5) is 0 Å². The van der Waals surface area contributed by atoms with Gasteiger partial charge in [0.1, 0.15) is 18.1 Å². The number of hydrogen-bond acceptors (Lipinski definition) is 3. The van der Waals surface area contributed by atoms with Crippen molar-refractivity contribution in [3.8, 4) is 5.75 Å². The SMILES string of the molecule is COc1ccc2c(c1)nc(CN=C(N)N1CCC1)n2C. The summed E-state index contributed by atoms with van der Waals surface area (Å²) in [6.07, 6.45) is 1.20. The van der Waals surface area contributed by atoms with Crippen LogP contribution >= 0.6 is 0 Å². The monoisotopic (exact) mass is 273 g/mol. The van der Waals surface area contributed by atoms with E-state index >= 15 is 0 Å². The molecule has 2 aromatic rings. The third-order valence-corrected chi connectivity index (χ3v) is 3.74. The van der Waals surface area contributed by atoms with Crippen LogP contribution in [-0.4, -0.2) is 40.6 Å². The van der Waals surface area contributed by atoms with Crippen LogP contribution in [0.2, 0.25) is 0 Å². The molecule has 1 aliphatic heterocycles. The number of fused-ring (bicyclic) bond motifs is 1. The predicted octanol–water partition coefficient (Wildman–Crippen LogP) is 1.10. The van der Waals surface area contributed by atoms with Crippen molar-refractivity contribution < 1.29 is 4.74 Å². The van der Waals surface area contributed by atoms with Crippen molar-refractivity contribution in [2.75, 3.05) is 20.2 Å². The fourth-order valence-electron chi connectivity index (χ4n) is 2.29. The van der Waals surface area contributed by atoms with E-state index in [1.165, 1.54) is 6.42 Å². The summed E-state index contributed by atoms with van der Waals surface area (Å²) in [5, 5.41) is 0. The number of methoxy groups -OCH3 is 1. The standard InChI is InChI=1S/C14H19N5O/c1-18-12-5-4-10(20-2)8-11(12)17-13(18)9-16-14(15)19-6-3-7-19/h4-5,8H,3,6-7,9H2,1-2H3,(H2,15,16). The lowest BCUT2D eigenvalue weighted by atomic mass is 10.2. The van der Waals surface area contributed by atoms with E-state index in [1.54, 1.807) is 7.11 Å². The third kappa shape index (κ3) is 2.17. The van der Waals surface area contributed by atoms with Crippen LogP contribution in [0.1, 0.15) is 12.2 Å². The molecule has 0 aliphatic carbocycles. The highest BCUT2D eigenvalue weighted by Gasteiger charge is 2.16. The summed E-state index contributed by atoms with van der Waals surface area (Å²) in [4.78, 5) is 11.1. The molecule has 2 N–H and O–H groups in total. The summed E-state index contributed by atoms with van der Waals surface area (Å²) in [5.74, 6) is 2.32. The summed E-state index contributed by atoms with van der Waals surface area (Å²) in [6.45, 7) is 2.51. The van der Waals surface area contributed by atoms with E-state index in [2.05, 4.69) is 14.9 Å². The Labute approximate surface area is 117 Å². The van der Waals surface area contributed by atoms with Gasteiger partial charge in [-0.2, -0.15) is 0 Å². The molecule has 0 atom stereocenters. The number of aryl methyl sites for hydroxylation is 1. The average molecular weight is 273 g/mol. The van der Waals surface area contributed by atoms with Crippen LogP contribution < -0.4 is 10.5 Å². The lowest BCUT2D eigenvalue weighted by Gasteiger charge is -2.31. The molecule has 1 fully saturated rings. The Bertz CT molecular complexity index is 657. The Balaban J connectivity index is 1.85. The lowest BCUT2D eigenvalue weighted by Crippen LogP contribution is -2.46. The minimum atomic E-state index is 0.496. The molecule has 0 saturated carbocycles. The molecule has 2 heterocycles. The number of imidazole rings is 1. The zero-order valence-electron chi connectivity index (χ0n) is 11.8. The van der Waals surface area contributed by atoms with Crippen molar-refractivity contribution in [1.82, 2.24) is 14.5 Å². The number of aromatic nitrogens is 2. The van der Waals surface area contributed by atoms with Gasteiger partial charge in [0, 0.05) is 26.2 Å². The molecular formula is C14H19N5O. The van der Waals surface area contributed by atoms with Crippen LogP contribution in [0, 0.1) is 0 Å². The van der Waals surface area contributed by atoms with Crippen LogP contribution in [0.25, 0.3) is 11.0 Å². The molecule has 6 heteroatoms. The largest absolute Gasteiger partial charge is 0.497 e. The highest BCUT2D eigenvalue weighted by Crippen LogP contribution is 2.21. The predicted molar refractivity (Wildman–Crippen MR) is 78.8 cm³/mol. The second-order valence-electron chi connectivity index (χ2n) is 4.96. The second-order valence-corrected chi connectivity index (χ2v) is 4.96. The maximum atomic E-state index is 5.94. The molecule has 6 nitrogen and oxygen atoms in total. The number of benzene rings is 1. The molecule has 106 valence electrons. The van der Waals surface area contributed by atoms with E-state index in [1.807, 2.05) is 29.8 Å². The fourth-order valence-corrected chi connectivity index (χ4v) is 2.29. The minimum Gasteiger partial charge on any atom is -0.497 e. The van der Waals surface area contributed by atoms with Crippen molar-refractivity contribution in [3.05, 3.63) is 24.0 Å².